The molecule has 1 N–H and O–H groups in total. The molecule has 5 rings (SSSR count). The van der Waals surface area contributed by atoms with Gasteiger partial charge in [0.2, 0.25) is 5.95 Å². The fourth-order valence-electron chi connectivity index (χ4n) is 3.83. The maximum absolute atomic E-state index is 4.89. The van der Waals surface area contributed by atoms with Crippen molar-refractivity contribution in [1.82, 2.24) is 15.0 Å². The number of pyridine rings is 1. The minimum absolute atomic E-state index is 0.789. The van der Waals surface area contributed by atoms with E-state index in [9.17, 15) is 0 Å². The monoisotopic (exact) mass is 381 g/mol. The predicted octanol–water partition coefficient (Wildman–Crippen LogP) is 5.43. The zero-order valence-electron chi connectivity index (χ0n) is 16.3. The molecule has 0 bridgehead atoms. The van der Waals surface area contributed by atoms with Gasteiger partial charge in [0.15, 0.2) is 0 Å². The first-order chi connectivity index (χ1) is 14.4. The van der Waals surface area contributed by atoms with Crippen molar-refractivity contribution in [3.05, 3.63) is 72.9 Å². The van der Waals surface area contributed by atoms with Crippen LogP contribution in [0.3, 0.4) is 0 Å². The van der Waals surface area contributed by atoms with Crippen molar-refractivity contribution in [2.75, 3.05) is 23.3 Å². The summed E-state index contributed by atoms with van der Waals surface area (Å²) in [5.41, 5.74) is 3.91. The van der Waals surface area contributed by atoms with E-state index in [0.717, 1.165) is 52.7 Å². The summed E-state index contributed by atoms with van der Waals surface area (Å²) in [4.78, 5) is 16.6. The van der Waals surface area contributed by atoms with E-state index in [-0.39, 0.29) is 0 Å². The zero-order chi connectivity index (χ0) is 19.5. The summed E-state index contributed by atoms with van der Waals surface area (Å²) in [6, 6.07) is 22.5. The molecule has 29 heavy (non-hydrogen) atoms. The van der Waals surface area contributed by atoms with Crippen molar-refractivity contribution in [2.45, 2.75) is 19.3 Å². The van der Waals surface area contributed by atoms with Crippen LogP contribution in [0, 0.1) is 0 Å². The lowest BCUT2D eigenvalue weighted by atomic mass is 10.1. The van der Waals surface area contributed by atoms with E-state index in [4.69, 9.17) is 9.97 Å². The van der Waals surface area contributed by atoms with Crippen molar-refractivity contribution in [1.29, 1.82) is 0 Å². The van der Waals surface area contributed by atoms with Gasteiger partial charge < -0.3 is 10.2 Å². The van der Waals surface area contributed by atoms with Gasteiger partial charge in [-0.15, -0.1) is 0 Å². The Labute approximate surface area is 170 Å². The van der Waals surface area contributed by atoms with Gasteiger partial charge >= 0.3 is 0 Å². The highest BCUT2D eigenvalue weighted by Gasteiger charge is 2.16. The molecule has 2 aromatic heterocycles. The van der Waals surface area contributed by atoms with Crippen molar-refractivity contribution < 1.29 is 0 Å². The molecule has 1 saturated heterocycles. The molecular formula is C24H23N5. The molecule has 3 heterocycles. The van der Waals surface area contributed by atoms with E-state index in [0.29, 0.717) is 0 Å². The first-order valence-electron chi connectivity index (χ1n) is 10.2. The fourth-order valence-corrected chi connectivity index (χ4v) is 3.83. The third-order valence-electron chi connectivity index (χ3n) is 5.32. The number of hydrogen-bond acceptors (Lipinski definition) is 5. The predicted molar refractivity (Wildman–Crippen MR) is 119 cm³/mol. The Morgan fingerprint density at radius 1 is 0.793 bits per heavy atom. The normalized spacial score (nSPS) is 14.1. The lowest BCUT2D eigenvalue weighted by Gasteiger charge is -2.27. The second-order valence-corrected chi connectivity index (χ2v) is 7.36. The highest BCUT2D eigenvalue weighted by atomic mass is 15.3. The third-order valence-corrected chi connectivity index (χ3v) is 5.32. The second kappa shape index (κ2) is 7.87. The number of aromatic nitrogens is 3. The van der Waals surface area contributed by atoms with E-state index in [1.54, 1.807) is 0 Å². The second-order valence-electron chi connectivity index (χ2n) is 7.36. The number of fused-ring (bicyclic) bond motifs is 1. The number of para-hydroxylation sites is 1. The summed E-state index contributed by atoms with van der Waals surface area (Å²) in [5.74, 6) is 1.58. The van der Waals surface area contributed by atoms with Crippen molar-refractivity contribution in [2.24, 2.45) is 0 Å². The molecule has 0 unspecified atom stereocenters. The average molecular weight is 381 g/mol. The van der Waals surface area contributed by atoms with Crippen LogP contribution in [0.4, 0.5) is 17.5 Å². The smallest absolute Gasteiger partial charge is 0.227 e. The number of piperidine rings is 1. The summed E-state index contributed by atoms with van der Waals surface area (Å²) in [6.45, 7) is 2.01. The summed E-state index contributed by atoms with van der Waals surface area (Å²) >= 11 is 0. The Balaban J connectivity index is 1.57. The average Bonchev–Trinajstić information content (AvgIpc) is 2.80. The van der Waals surface area contributed by atoms with Crippen LogP contribution in [-0.2, 0) is 0 Å². The fraction of sp³-hybridized carbons (Fsp3) is 0.208. The van der Waals surface area contributed by atoms with Gasteiger partial charge in [-0.1, -0.05) is 48.5 Å². The van der Waals surface area contributed by atoms with Gasteiger partial charge in [0, 0.05) is 36.3 Å². The highest BCUT2D eigenvalue weighted by molar-refractivity contribution is 5.91. The lowest BCUT2D eigenvalue weighted by molar-refractivity contribution is 0.568. The van der Waals surface area contributed by atoms with Crippen LogP contribution in [-0.4, -0.2) is 28.0 Å². The Hall–Kier alpha value is -3.47. The van der Waals surface area contributed by atoms with Crippen LogP contribution in [0.1, 0.15) is 19.3 Å². The topological polar surface area (TPSA) is 53.9 Å². The molecule has 0 aliphatic carbocycles. The molecule has 2 aromatic carbocycles. The molecule has 0 spiro atoms. The maximum Gasteiger partial charge on any atom is 0.227 e. The maximum atomic E-state index is 4.89. The number of anilines is 3. The van der Waals surface area contributed by atoms with Crippen molar-refractivity contribution in [3.63, 3.8) is 0 Å². The molecule has 1 aliphatic rings. The Bertz CT molecular complexity index is 1120. The van der Waals surface area contributed by atoms with Gasteiger partial charge in [0.25, 0.3) is 0 Å². The van der Waals surface area contributed by atoms with E-state index in [2.05, 4.69) is 39.5 Å². The van der Waals surface area contributed by atoms with Crippen LogP contribution in [0.2, 0.25) is 0 Å². The molecule has 0 radical (unpaired) electrons. The van der Waals surface area contributed by atoms with Crippen LogP contribution < -0.4 is 10.2 Å². The van der Waals surface area contributed by atoms with Gasteiger partial charge in [-0.2, -0.15) is 4.98 Å². The number of benzene rings is 2. The van der Waals surface area contributed by atoms with Gasteiger partial charge in [0.05, 0.1) is 16.9 Å². The minimum Gasteiger partial charge on any atom is -0.341 e. The first-order valence-corrected chi connectivity index (χ1v) is 10.2. The number of nitrogens with zero attached hydrogens (tertiary/aromatic N) is 4. The molecule has 5 nitrogen and oxygen atoms in total. The van der Waals surface area contributed by atoms with E-state index in [1.807, 2.05) is 48.7 Å². The molecule has 0 amide bonds. The largest absolute Gasteiger partial charge is 0.341 e. The van der Waals surface area contributed by atoms with Crippen LogP contribution in [0.15, 0.2) is 72.9 Å². The first kappa shape index (κ1) is 17.6. The van der Waals surface area contributed by atoms with Gasteiger partial charge in [-0.3, -0.25) is 4.98 Å². The minimum atomic E-state index is 0.789. The van der Waals surface area contributed by atoms with Crippen LogP contribution >= 0.6 is 0 Å². The SMILES string of the molecule is c1ccc(-c2cc(Nc3cccc4cccnc34)nc(N3CCCCC3)n2)cc1. The van der Waals surface area contributed by atoms with E-state index < -0.39 is 0 Å². The third kappa shape index (κ3) is 3.76. The van der Waals surface area contributed by atoms with Crippen molar-refractivity contribution in [3.8, 4) is 11.3 Å². The molecule has 144 valence electrons. The molecule has 4 aromatic rings. The summed E-state index contributed by atoms with van der Waals surface area (Å²) in [5, 5.41) is 4.60. The van der Waals surface area contributed by atoms with E-state index >= 15 is 0 Å². The lowest BCUT2D eigenvalue weighted by Crippen LogP contribution is -2.31. The van der Waals surface area contributed by atoms with Crippen LogP contribution in [0.25, 0.3) is 22.2 Å². The Morgan fingerprint density at radius 2 is 1.62 bits per heavy atom. The standard InChI is InChI=1S/C24H23N5/c1-3-9-18(10-4-1)21-17-22(28-24(27-21)29-15-5-2-6-16-29)26-20-13-7-11-19-12-8-14-25-23(19)20/h1,3-4,7-14,17H,2,5-6,15-16H2,(H,26,27,28). The summed E-state index contributed by atoms with van der Waals surface area (Å²) in [6.07, 6.45) is 5.48. The Kier molecular flexibility index (Phi) is 4.78. The number of hydrogen-bond donors (Lipinski definition) is 1. The summed E-state index contributed by atoms with van der Waals surface area (Å²) < 4.78 is 0. The molecule has 1 aliphatic heterocycles. The van der Waals surface area contributed by atoms with Crippen LogP contribution in [0.5, 0.6) is 0 Å². The Morgan fingerprint density at radius 3 is 2.48 bits per heavy atom. The molecule has 1 fully saturated rings. The number of nitrogens with one attached hydrogen (secondary N) is 1. The number of rotatable bonds is 4. The van der Waals surface area contributed by atoms with Gasteiger partial charge in [-0.05, 0) is 31.4 Å². The molecule has 0 atom stereocenters. The highest BCUT2D eigenvalue weighted by Crippen LogP contribution is 2.28. The van der Waals surface area contributed by atoms with E-state index in [1.165, 1.54) is 19.3 Å². The molecular weight excluding hydrogens is 358 g/mol. The summed E-state index contributed by atoms with van der Waals surface area (Å²) in [7, 11) is 0. The van der Waals surface area contributed by atoms with Gasteiger partial charge in [0.1, 0.15) is 5.82 Å². The van der Waals surface area contributed by atoms with Gasteiger partial charge in [-0.25, -0.2) is 4.98 Å². The quantitative estimate of drug-likeness (QED) is 0.511. The van der Waals surface area contributed by atoms with Crippen molar-refractivity contribution >= 4 is 28.4 Å². The molecule has 5 heteroatoms. The molecule has 0 saturated carbocycles. The zero-order valence-corrected chi connectivity index (χ0v) is 16.3.